The van der Waals surface area contributed by atoms with Crippen molar-refractivity contribution in [2.45, 2.75) is 39.5 Å². The first-order valence-electron chi connectivity index (χ1n) is 12.3. The molecule has 0 aliphatic carbocycles. The summed E-state index contributed by atoms with van der Waals surface area (Å²) in [6, 6.07) is 14.6. The van der Waals surface area contributed by atoms with Gasteiger partial charge in [-0.05, 0) is 50.1 Å². The van der Waals surface area contributed by atoms with Gasteiger partial charge in [0.25, 0.3) is 0 Å². The molecule has 0 saturated carbocycles. The van der Waals surface area contributed by atoms with Crippen LogP contribution in [-0.2, 0) is 22.7 Å². The number of methoxy groups -OCH3 is 1. The minimum Gasteiger partial charge on any atom is -0.496 e. The number of carbonyl (C=O) groups is 1. The van der Waals surface area contributed by atoms with Crippen LogP contribution in [0.15, 0.2) is 67.4 Å². The molecule has 0 saturated heterocycles. The molecule has 0 fully saturated rings. The van der Waals surface area contributed by atoms with Crippen LogP contribution in [0.25, 0.3) is 33.2 Å². The highest BCUT2D eigenvalue weighted by atomic mass is 35.5. The van der Waals surface area contributed by atoms with Gasteiger partial charge >= 0.3 is 6.09 Å². The van der Waals surface area contributed by atoms with Crippen LogP contribution in [0.2, 0.25) is 5.02 Å². The van der Waals surface area contributed by atoms with Crippen molar-refractivity contribution in [2.75, 3.05) is 14.2 Å². The second kappa shape index (κ2) is 11.5. The van der Waals surface area contributed by atoms with Gasteiger partial charge < -0.3 is 9.47 Å². The van der Waals surface area contributed by atoms with E-state index in [9.17, 15) is 4.79 Å². The van der Waals surface area contributed by atoms with Gasteiger partial charge in [-0.2, -0.15) is 10.2 Å². The number of allylic oxidation sites excluding steroid dienone is 1. The van der Waals surface area contributed by atoms with E-state index in [1.165, 1.54) is 20.3 Å². The van der Waals surface area contributed by atoms with Crippen molar-refractivity contribution in [1.82, 2.24) is 14.8 Å². The van der Waals surface area contributed by atoms with Gasteiger partial charge in [0.15, 0.2) is 0 Å². The summed E-state index contributed by atoms with van der Waals surface area (Å²) in [5.41, 5.74) is 3.21. The Morgan fingerprint density at radius 2 is 1.82 bits per heavy atom. The molecule has 1 amide bonds. The summed E-state index contributed by atoms with van der Waals surface area (Å²) in [5, 5.41) is 6.82. The molecule has 4 aromatic rings. The predicted octanol–water partition coefficient (Wildman–Crippen LogP) is 7.66. The molecule has 0 atom stereocenters. The Labute approximate surface area is 232 Å². The lowest BCUT2D eigenvalue weighted by Gasteiger charge is -2.26. The van der Waals surface area contributed by atoms with Gasteiger partial charge in [-0.25, -0.2) is 9.18 Å². The van der Waals surface area contributed by atoms with E-state index in [-0.39, 0.29) is 17.9 Å². The van der Waals surface area contributed by atoms with E-state index < -0.39 is 17.5 Å². The van der Waals surface area contributed by atoms with E-state index in [2.05, 4.69) is 11.7 Å². The fourth-order valence-corrected chi connectivity index (χ4v) is 4.67. The molecule has 3 aromatic carbocycles. The molecule has 204 valence electrons. The summed E-state index contributed by atoms with van der Waals surface area (Å²) < 4.78 is 28.3. The fraction of sp³-hybridized carbons (Fsp3) is 0.267. The number of rotatable bonds is 8. The van der Waals surface area contributed by atoms with E-state index in [1.807, 2.05) is 41.1 Å². The number of nitrogens with zero attached hydrogens (tertiary/aromatic N) is 3. The summed E-state index contributed by atoms with van der Waals surface area (Å²) in [6.45, 7) is 9.37. The van der Waals surface area contributed by atoms with Crippen molar-refractivity contribution in [2.24, 2.45) is 0 Å². The van der Waals surface area contributed by atoms with Gasteiger partial charge in [-0.15, -0.1) is 6.58 Å². The number of fused-ring (bicyclic) bond motifs is 1. The standard InChI is InChI=1S/C30H31ClFN3O4/c1-7-14-34-26-13-9-11-21(23(26)17-33-34)22-12-8-10-20(28(22)31)19-15-25(32)24(27(16-19)37-5)18-35(38-6)29(36)39-30(2,3)4/h7-13,15-17H,1,14,18H2,2-6H3. The minimum absolute atomic E-state index is 0.139. The quantitative estimate of drug-likeness (QED) is 0.166. The van der Waals surface area contributed by atoms with Crippen molar-refractivity contribution < 1.29 is 23.5 Å². The average molecular weight is 552 g/mol. The molecule has 1 heterocycles. The van der Waals surface area contributed by atoms with Gasteiger partial charge in [0.05, 0.1) is 49.6 Å². The molecular formula is C30H31ClFN3O4. The number of carbonyl (C=O) groups excluding carboxylic acids is 1. The highest BCUT2D eigenvalue weighted by Gasteiger charge is 2.26. The third kappa shape index (κ3) is 5.92. The van der Waals surface area contributed by atoms with Gasteiger partial charge in [0, 0.05) is 16.5 Å². The first kappa shape index (κ1) is 28.1. The molecule has 39 heavy (non-hydrogen) atoms. The van der Waals surface area contributed by atoms with Crippen molar-refractivity contribution >= 4 is 28.6 Å². The Morgan fingerprint density at radius 3 is 2.49 bits per heavy atom. The second-order valence-corrected chi connectivity index (χ2v) is 10.2. The largest absolute Gasteiger partial charge is 0.496 e. The van der Waals surface area contributed by atoms with Crippen molar-refractivity contribution in [3.8, 4) is 28.0 Å². The van der Waals surface area contributed by atoms with E-state index in [4.69, 9.17) is 25.9 Å². The third-order valence-electron chi connectivity index (χ3n) is 6.08. The van der Waals surface area contributed by atoms with Crippen LogP contribution in [0.5, 0.6) is 5.75 Å². The van der Waals surface area contributed by atoms with Gasteiger partial charge in [0.2, 0.25) is 0 Å². The van der Waals surface area contributed by atoms with Crippen LogP contribution in [-0.4, -0.2) is 40.8 Å². The molecule has 0 aliphatic rings. The predicted molar refractivity (Wildman–Crippen MR) is 151 cm³/mol. The minimum atomic E-state index is -0.739. The Balaban J connectivity index is 1.74. The summed E-state index contributed by atoms with van der Waals surface area (Å²) in [6.07, 6.45) is 2.86. The summed E-state index contributed by atoms with van der Waals surface area (Å²) in [4.78, 5) is 17.7. The van der Waals surface area contributed by atoms with E-state index >= 15 is 4.39 Å². The Hall–Kier alpha value is -3.88. The van der Waals surface area contributed by atoms with Gasteiger partial charge in [-0.1, -0.05) is 48.0 Å². The molecule has 4 rings (SSSR count). The molecule has 0 aliphatic heterocycles. The zero-order valence-corrected chi connectivity index (χ0v) is 23.4. The smallest absolute Gasteiger partial charge is 0.434 e. The maximum absolute atomic E-state index is 15.5. The summed E-state index contributed by atoms with van der Waals surface area (Å²) in [5.74, 6) is -0.339. The van der Waals surface area contributed by atoms with Crippen LogP contribution in [0.4, 0.5) is 9.18 Å². The number of benzene rings is 3. The maximum atomic E-state index is 15.5. The molecule has 7 nitrogen and oxygen atoms in total. The number of halogens is 2. The van der Waals surface area contributed by atoms with Crippen LogP contribution >= 0.6 is 11.6 Å². The molecule has 0 spiro atoms. The maximum Gasteiger partial charge on any atom is 0.434 e. The van der Waals surface area contributed by atoms with E-state index in [0.29, 0.717) is 22.7 Å². The van der Waals surface area contributed by atoms with Crippen LogP contribution in [0.1, 0.15) is 26.3 Å². The second-order valence-electron chi connectivity index (χ2n) is 9.86. The molecule has 0 unspecified atom stereocenters. The fourth-order valence-electron chi connectivity index (χ4n) is 4.33. The van der Waals surface area contributed by atoms with Crippen molar-refractivity contribution in [3.05, 3.63) is 83.8 Å². The first-order chi connectivity index (χ1) is 18.6. The molecule has 0 radical (unpaired) electrons. The lowest BCUT2D eigenvalue weighted by atomic mass is 9.96. The Morgan fingerprint density at radius 1 is 1.13 bits per heavy atom. The number of ether oxygens (including phenoxy) is 2. The van der Waals surface area contributed by atoms with Crippen molar-refractivity contribution in [1.29, 1.82) is 0 Å². The zero-order chi connectivity index (χ0) is 28.3. The van der Waals surface area contributed by atoms with Gasteiger partial charge in [0.1, 0.15) is 17.2 Å². The highest BCUT2D eigenvalue weighted by Crippen LogP contribution is 2.41. The zero-order valence-electron chi connectivity index (χ0n) is 22.6. The Bertz CT molecular complexity index is 1530. The monoisotopic (exact) mass is 551 g/mol. The number of hydroxylamine groups is 2. The van der Waals surface area contributed by atoms with Crippen LogP contribution in [0, 0.1) is 5.82 Å². The number of hydrogen-bond donors (Lipinski definition) is 0. The number of aromatic nitrogens is 2. The summed E-state index contributed by atoms with van der Waals surface area (Å²) >= 11 is 6.95. The molecule has 9 heteroatoms. The lowest BCUT2D eigenvalue weighted by Crippen LogP contribution is -2.36. The van der Waals surface area contributed by atoms with E-state index in [0.717, 1.165) is 27.1 Å². The Kier molecular flexibility index (Phi) is 8.28. The molecule has 0 bridgehead atoms. The molecular weight excluding hydrogens is 521 g/mol. The molecule has 1 aromatic heterocycles. The van der Waals surface area contributed by atoms with E-state index in [1.54, 1.807) is 39.1 Å². The molecule has 0 N–H and O–H groups in total. The van der Waals surface area contributed by atoms with Crippen LogP contribution < -0.4 is 4.74 Å². The number of amides is 1. The highest BCUT2D eigenvalue weighted by molar-refractivity contribution is 6.36. The first-order valence-corrected chi connectivity index (χ1v) is 12.7. The normalized spacial score (nSPS) is 11.5. The van der Waals surface area contributed by atoms with Crippen LogP contribution in [0.3, 0.4) is 0 Å². The van der Waals surface area contributed by atoms with Gasteiger partial charge in [-0.3, -0.25) is 9.52 Å². The summed E-state index contributed by atoms with van der Waals surface area (Å²) in [7, 11) is 2.75. The average Bonchev–Trinajstić information content (AvgIpc) is 3.30. The SMILES string of the molecule is C=CCn1ncc2c(-c3cccc(-c4cc(F)c(CN(OC)C(=O)OC(C)(C)C)c(OC)c4)c3Cl)cccc21. The lowest BCUT2D eigenvalue weighted by molar-refractivity contribution is -0.130. The topological polar surface area (TPSA) is 65.8 Å². The third-order valence-corrected chi connectivity index (χ3v) is 6.49. The number of hydrogen-bond acceptors (Lipinski definition) is 5. The van der Waals surface area contributed by atoms with Crippen molar-refractivity contribution in [3.63, 3.8) is 0 Å².